The molecule has 1 aromatic heterocycles. The molecular formula is C12H16OS. The van der Waals surface area contributed by atoms with Crippen molar-refractivity contribution < 1.29 is 4.79 Å². The van der Waals surface area contributed by atoms with Crippen molar-refractivity contribution in [3.63, 3.8) is 0 Å². The molecule has 0 amide bonds. The molecule has 0 spiro atoms. The molecule has 0 bridgehead atoms. The van der Waals surface area contributed by atoms with Crippen LogP contribution in [-0.2, 0) is 17.6 Å². The Kier molecular flexibility index (Phi) is 4.08. The van der Waals surface area contributed by atoms with Gasteiger partial charge in [0.2, 0.25) is 0 Å². The number of rotatable bonds is 4. The number of hydrogen-bond acceptors (Lipinski definition) is 2. The van der Waals surface area contributed by atoms with E-state index in [1.165, 1.54) is 9.75 Å². The fourth-order valence-electron chi connectivity index (χ4n) is 1.25. The lowest BCUT2D eigenvalue weighted by Crippen LogP contribution is -1.96. The smallest absolute Gasteiger partial charge is 0.160 e. The van der Waals surface area contributed by atoms with Crippen LogP contribution in [0.2, 0.25) is 0 Å². The van der Waals surface area contributed by atoms with E-state index in [0.29, 0.717) is 6.42 Å². The monoisotopic (exact) mass is 208 g/mol. The van der Waals surface area contributed by atoms with E-state index in [2.05, 4.69) is 19.1 Å². The Morgan fingerprint density at radius 1 is 1.36 bits per heavy atom. The summed E-state index contributed by atoms with van der Waals surface area (Å²) in [5.74, 6) is 0.203. The highest BCUT2D eigenvalue weighted by Gasteiger charge is 2.03. The zero-order valence-electron chi connectivity index (χ0n) is 8.96. The van der Waals surface area contributed by atoms with Gasteiger partial charge in [0.15, 0.2) is 5.78 Å². The Labute approximate surface area is 89.5 Å². The van der Waals surface area contributed by atoms with Crippen LogP contribution in [0.4, 0.5) is 0 Å². The van der Waals surface area contributed by atoms with Crippen LogP contribution in [0, 0.1) is 0 Å². The molecule has 1 aromatic rings. The minimum Gasteiger partial charge on any atom is -0.294 e. The first kappa shape index (κ1) is 11.2. The van der Waals surface area contributed by atoms with Gasteiger partial charge in [-0.2, -0.15) is 0 Å². The average Bonchev–Trinajstić information content (AvgIpc) is 2.50. The van der Waals surface area contributed by atoms with E-state index in [1.807, 2.05) is 13.8 Å². The number of hydrogen-bond donors (Lipinski definition) is 0. The predicted octanol–water partition coefficient (Wildman–Crippen LogP) is 3.39. The van der Waals surface area contributed by atoms with Crippen molar-refractivity contribution in [3.8, 4) is 0 Å². The number of ketones is 1. The zero-order valence-corrected chi connectivity index (χ0v) is 9.78. The third-order valence-electron chi connectivity index (χ3n) is 1.86. The predicted molar refractivity (Wildman–Crippen MR) is 61.8 cm³/mol. The van der Waals surface area contributed by atoms with Gasteiger partial charge in [-0.3, -0.25) is 4.79 Å². The highest BCUT2D eigenvalue weighted by atomic mass is 32.1. The lowest BCUT2D eigenvalue weighted by atomic mass is 10.2. The zero-order chi connectivity index (χ0) is 10.6. The molecule has 0 saturated carbocycles. The Balaban J connectivity index is 2.60. The number of carbonyl (C=O) groups is 1. The topological polar surface area (TPSA) is 17.1 Å². The largest absolute Gasteiger partial charge is 0.294 e. The van der Waals surface area contributed by atoms with E-state index in [-0.39, 0.29) is 5.78 Å². The van der Waals surface area contributed by atoms with E-state index in [0.717, 1.165) is 12.0 Å². The molecule has 1 nitrogen and oxygen atoms in total. The summed E-state index contributed by atoms with van der Waals surface area (Å²) in [7, 11) is 0. The molecule has 14 heavy (non-hydrogen) atoms. The van der Waals surface area contributed by atoms with Crippen LogP contribution in [0.1, 0.15) is 30.5 Å². The molecule has 0 atom stereocenters. The fraction of sp³-hybridized carbons (Fsp3) is 0.417. The van der Waals surface area contributed by atoms with Crippen LogP contribution >= 0.6 is 11.3 Å². The van der Waals surface area contributed by atoms with Crippen LogP contribution in [0.15, 0.2) is 23.8 Å². The minimum atomic E-state index is 0.203. The van der Waals surface area contributed by atoms with Crippen molar-refractivity contribution in [2.24, 2.45) is 0 Å². The Morgan fingerprint density at radius 3 is 2.50 bits per heavy atom. The second kappa shape index (κ2) is 5.11. The van der Waals surface area contributed by atoms with Crippen molar-refractivity contribution in [3.05, 3.63) is 33.5 Å². The molecule has 0 fully saturated rings. The maximum Gasteiger partial charge on any atom is 0.160 e. The van der Waals surface area contributed by atoms with Gasteiger partial charge in [-0.15, -0.1) is 11.3 Å². The number of thiophene rings is 1. The van der Waals surface area contributed by atoms with Crippen LogP contribution < -0.4 is 0 Å². The summed E-state index contributed by atoms with van der Waals surface area (Å²) in [6.45, 7) is 6.03. The lowest BCUT2D eigenvalue weighted by Gasteiger charge is -1.92. The van der Waals surface area contributed by atoms with Gasteiger partial charge in [0.05, 0.1) is 0 Å². The highest BCUT2D eigenvalue weighted by molar-refractivity contribution is 7.12. The lowest BCUT2D eigenvalue weighted by molar-refractivity contribution is -0.114. The Hall–Kier alpha value is -0.890. The maximum absolute atomic E-state index is 11.5. The average molecular weight is 208 g/mol. The number of carbonyl (C=O) groups excluding carboxylic acids is 1. The third kappa shape index (κ3) is 3.46. The molecule has 1 heterocycles. The van der Waals surface area contributed by atoms with Crippen molar-refractivity contribution in [1.29, 1.82) is 0 Å². The molecule has 0 aliphatic heterocycles. The first-order chi connectivity index (χ1) is 6.61. The van der Waals surface area contributed by atoms with Crippen molar-refractivity contribution in [1.82, 2.24) is 0 Å². The summed E-state index contributed by atoms with van der Waals surface area (Å²) in [6, 6.07) is 4.16. The quantitative estimate of drug-likeness (QED) is 0.693. The van der Waals surface area contributed by atoms with E-state index in [9.17, 15) is 4.79 Å². The summed E-state index contributed by atoms with van der Waals surface area (Å²) in [5.41, 5.74) is 1.07. The first-order valence-electron chi connectivity index (χ1n) is 4.87. The molecular weight excluding hydrogens is 192 g/mol. The Morgan fingerprint density at radius 2 is 2.00 bits per heavy atom. The van der Waals surface area contributed by atoms with Gasteiger partial charge in [0.1, 0.15) is 0 Å². The molecule has 0 aliphatic rings. The van der Waals surface area contributed by atoms with Gasteiger partial charge < -0.3 is 0 Å². The standard InChI is InChI=1S/C12H16OS/c1-4-11-5-6-12(14-11)8-10(13)7-9(2)3/h5-7H,4,8H2,1-3H3. The van der Waals surface area contributed by atoms with Gasteiger partial charge in [0, 0.05) is 16.2 Å². The van der Waals surface area contributed by atoms with E-state index in [4.69, 9.17) is 0 Å². The summed E-state index contributed by atoms with van der Waals surface area (Å²) in [4.78, 5) is 14.0. The summed E-state index contributed by atoms with van der Waals surface area (Å²) in [6.07, 6.45) is 3.32. The highest BCUT2D eigenvalue weighted by Crippen LogP contribution is 2.17. The van der Waals surface area contributed by atoms with Crippen molar-refractivity contribution >= 4 is 17.1 Å². The van der Waals surface area contributed by atoms with Gasteiger partial charge >= 0.3 is 0 Å². The SMILES string of the molecule is CCc1ccc(CC(=O)C=C(C)C)s1. The van der Waals surface area contributed by atoms with E-state index >= 15 is 0 Å². The number of aryl methyl sites for hydroxylation is 1. The van der Waals surface area contributed by atoms with Crippen molar-refractivity contribution in [2.45, 2.75) is 33.6 Å². The molecule has 0 saturated heterocycles. The molecule has 0 unspecified atom stereocenters. The van der Waals surface area contributed by atoms with E-state index < -0.39 is 0 Å². The second-order valence-corrected chi connectivity index (χ2v) is 4.84. The van der Waals surface area contributed by atoms with E-state index in [1.54, 1.807) is 17.4 Å². The van der Waals surface area contributed by atoms with Crippen LogP contribution in [0.5, 0.6) is 0 Å². The van der Waals surface area contributed by atoms with Crippen LogP contribution in [0.3, 0.4) is 0 Å². The van der Waals surface area contributed by atoms with Gasteiger partial charge in [-0.05, 0) is 38.5 Å². The summed E-state index contributed by atoms with van der Waals surface area (Å²) < 4.78 is 0. The van der Waals surface area contributed by atoms with Crippen LogP contribution in [0.25, 0.3) is 0 Å². The van der Waals surface area contributed by atoms with Crippen molar-refractivity contribution in [2.75, 3.05) is 0 Å². The molecule has 0 aromatic carbocycles. The van der Waals surface area contributed by atoms with Gasteiger partial charge in [0.25, 0.3) is 0 Å². The molecule has 0 radical (unpaired) electrons. The normalized spacial score (nSPS) is 9.93. The van der Waals surface area contributed by atoms with Crippen LogP contribution in [-0.4, -0.2) is 5.78 Å². The minimum absolute atomic E-state index is 0.203. The summed E-state index contributed by atoms with van der Waals surface area (Å²) in [5, 5.41) is 0. The molecule has 1 rings (SSSR count). The molecule has 2 heteroatoms. The number of allylic oxidation sites excluding steroid dienone is 2. The fourth-order valence-corrected chi connectivity index (χ4v) is 2.22. The van der Waals surface area contributed by atoms with Gasteiger partial charge in [-0.1, -0.05) is 12.5 Å². The van der Waals surface area contributed by atoms with Gasteiger partial charge in [-0.25, -0.2) is 0 Å². The maximum atomic E-state index is 11.5. The molecule has 0 aliphatic carbocycles. The molecule has 0 N–H and O–H groups in total. The summed E-state index contributed by atoms with van der Waals surface area (Å²) >= 11 is 1.74. The first-order valence-corrected chi connectivity index (χ1v) is 5.68. The Bertz CT molecular complexity index is 343. The third-order valence-corrected chi connectivity index (χ3v) is 3.09. The second-order valence-electron chi connectivity index (χ2n) is 3.59. The molecule has 76 valence electrons.